The number of carbonyl (C=O) groups excluding carboxylic acids is 1. The van der Waals surface area contributed by atoms with Gasteiger partial charge in [-0.15, -0.1) is 0 Å². The fourth-order valence-electron chi connectivity index (χ4n) is 3.15. The van der Waals surface area contributed by atoms with Crippen LogP contribution in [0.5, 0.6) is 0 Å². The van der Waals surface area contributed by atoms with Gasteiger partial charge in [0, 0.05) is 15.7 Å². The number of oxazole rings is 1. The second-order valence-corrected chi connectivity index (χ2v) is 7.92. The maximum Gasteiger partial charge on any atom is 0.256 e. The van der Waals surface area contributed by atoms with Crippen molar-refractivity contribution >= 4 is 38.6 Å². The van der Waals surface area contributed by atoms with E-state index in [2.05, 4.69) is 52.2 Å². The van der Waals surface area contributed by atoms with Crippen molar-refractivity contribution in [2.24, 2.45) is 0 Å². The minimum Gasteiger partial charge on any atom is -0.436 e. The first-order valence-corrected chi connectivity index (χ1v) is 10.4. The normalized spacial score (nSPS) is 12.1. The number of hydrogen-bond donors (Lipinski definition) is 1. The number of carbonyl (C=O) groups is 1. The Morgan fingerprint density at radius 2 is 1.86 bits per heavy atom. The highest BCUT2D eigenvalue weighted by Gasteiger charge is 2.12. The molecule has 0 radical (unpaired) electrons. The second-order valence-electron chi connectivity index (χ2n) is 7.07. The van der Waals surface area contributed by atoms with Gasteiger partial charge < -0.3 is 9.73 Å². The Morgan fingerprint density at radius 3 is 2.59 bits per heavy atom. The lowest BCUT2D eigenvalue weighted by Crippen LogP contribution is -2.12. The van der Waals surface area contributed by atoms with Crippen molar-refractivity contribution < 1.29 is 9.21 Å². The third-order valence-electron chi connectivity index (χ3n) is 5.10. The van der Waals surface area contributed by atoms with Gasteiger partial charge in [0.15, 0.2) is 5.58 Å². The fraction of sp³-hybridized carbons (Fsp3) is 0.167. The van der Waals surface area contributed by atoms with Crippen LogP contribution in [0.4, 0.5) is 5.69 Å². The number of nitrogens with zero attached hydrogens (tertiary/aromatic N) is 1. The summed E-state index contributed by atoms with van der Waals surface area (Å²) in [5.41, 5.74) is 5.08. The third kappa shape index (κ3) is 4.10. The lowest BCUT2D eigenvalue weighted by molar-refractivity contribution is 0.102. The summed E-state index contributed by atoms with van der Waals surface area (Å²) >= 11 is 3.41. The predicted octanol–water partition coefficient (Wildman–Crippen LogP) is 7.02. The smallest absolute Gasteiger partial charge is 0.256 e. The summed E-state index contributed by atoms with van der Waals surface area (Å²) < 4.78 is 6.69. The molecule has 146 valence electrons. The van der Waals surface area contributed by atoms with Crippen molar-refractivity contribution in [2.75, 3.05) is 5.32 Å². The zero-order valence-electron chi connectivity index (χ0n) is 16.3. The highest BCUT2D eigenvalue weighted by molar-refractivity contribution is 9.10. The van der Waals surface area contributed by atoms with Gasteiger partial charge >= 0.3 is 0 Å². The SMILES string of the molecule is CCC(C)c1ccc2oc(-c3ccc(NC(=O)c4ccccc4Br)cc3)nc2c1. The van der Waals surface area contributed by atoms with Crippen LogP contribution < -0.4 is 5.32 Å². The van der Waals surface area contributed by atoms with E-state index >= 15 is 0 Å². The molecule has 1 unspecified atom stereocenters. The summed E-state index contributed by atoms with van der Waals surface area (Å²) in [6.07, 6.45) is 1.09. The first-order chi connectivity index (χ1) is 14.0. The molecule has 0 aliphatic carbocycles. The molecule has 29 heavy (non-hydrogen) atoms. The molecule has 0 aliphatic heterocycles. The zero-order valence-corrected chi connectivity index (χ0v) is 17.9. The van der Waals surface area contributed by atoms with E-state index in [0.29, 0.717) is 23.1 Å². The van der Waals surface area contributed by atoms with Gasteiger partial charge in [-0.2, -0.15) is 0 Å². The monoisotopic (exact) mass is 448 g/mol. The van der Waals surface area contributed by atoms with Crippen molar-refractivity contribution in [3.05, 3.63) is 82.3 Å². The Kier molecular flexibility index (Phi) is 5.49. The van der Waals surface area contributed by atoms with Gasteiger partial charge in [-0.3, -0.25) is 4.79 Å². The number of nitrogens with one attached hydrogen (secondary N) is 1. The first-order valence-electron chi connectivity index (χ1n) is 9.62. The van der Waals surface area contributed by atoms with Gasteiger partial charge in [-0.1, -0.05) is 32.0 Å². The minimum absolute atomic E-state index is 0.162. The van der Waals surface area contributed by atoms with E-state index in [-0.39, 0.29) is 5.91 Å². The van der Waals surface area contributed by atoms with Gasteiger partial charge in [0.25, 0.3) is 5.91 Å². The largest absolute Gasteiger partial charge is 0.436 e. The van der Waals surface area contributed by atoms with Crippen molar-refractivity contribution in [3.8, 4) is 11.5 Å². The fourth-order valence-corrected chi connectivity index (χ4v) is 3.61. The standard InChI is InChI=1S/C24H21BrN2O2/c1-3-15(2)17-10-13-22-21(14-17)27-24(29-22)16-8-11-18(12-9-16)26-23(28)19-6-4-5-7-20(19)25/h4-15H,3H2,1-2H3,(H,26,28). The molecular formula is C24H21BrN2O2. The van der Waals surface area contributed by atoms with Gasteiger partial charge in [0.05, 0.1) is 5.56 Å². The first kappa shape index (κ1) is 19.4. The van der Waals surface area contributed by atoms with Crippen LogP contribution in [0.2, 0.25) is 0 Å². The summed E-state index contributed by atoms with van der Waals surface area (Å²) in [6.45, 7) is 4.39. The van der Waals surface area contributed by atoms with Crippen molar-refractivity contribution in [1.82, 2.24) is 4.98 Å². The summed E-state index contributed by atoms with van der Waals surface area (Å²) in [5, 5.41) is 2.91. The van der Waals surface area contributed by atoms with E-state index in [9.17, 15) is 4.79 Å². The highest BCUT2D eigenvalue weighted by atomic mass is 79.9. The molecular weight excluding hydrogens is 428 g/mol. The number of aromatic nitrogens is 1. The van der Waals surface area contributed by atoms with Crippen molar-refractivity contribution in [2.45, 2.75) is 26.2 Å². The molecule has 0 aliphatic rings. The molecule has 0 saturated heterocycles. The Morgan fingerprint density at radius 1 is 1.10 bits per heavy atom. The van der Waals surface area contributed by atoms with Gasteiger partial charge in [-0.25, -0.2) is 4.98 Å². The quantitative estimate of drug-likeness (QED) is 0.356. The zero-order chi connectivity index (χ0) is 20.4. The number of anilines is 1. The molecule has 1 amide bonds. The molecule has 3 aromatic carbocycles. The number of halogens is 1. The topological polar surface area (TPSA) is 55.1 Å². The van der Waals surface area contributed by atoms with E-state index in [1.165, 1.54) is 5.56 Å². The number of hydrogen-bond acceptors (Lipinski definition) is 3. The molecule has 1 aromatic heterocycles. The van der Waals surface area contributed by atoms with Gasteiger partial charge in [-0.05, 0) is 82.4 Å². The Bertz CT molecular complexity index is 1170. The van der Waals surface area contributed by atoms with Crippen LogP contribution in [-0.4, -0.2) is 10.9 Å². The molecule has 5 heteroatoms. The van der Waals surface area contributed by atoms with Crippen molar-refractivity contribution in [1.29, 1.82) is 0 Å². The average molecular weight is 449 g/mol. The Balaban J connectivity index is 1.54. The minimum atomic E-state index is -0.162. The van der Waals surface area contributed by atoms with Crippen LogP contribution in [0.1, 0.15) is 42.1 Å². The molecule has 0 spiro atoms. The van der Waals surface area contributed by atoms with Crippen LogP contribution in [0.3, 0.4) is 0 Å². The molecule has 4 rings (SSSR count). The van der Waals surface area contributed by atoms with Crippen LogP contribution in [0.15, 0.2) is 75.6 Å². The summed E-state index contributed by atoms with van der Waals surface area (Å²) in [7, 11) is 0. The second kappa shape index (κ2) is 8.21. The van der Waals surface area contributed by atoms with E-state index in [1.807, 2.05) is 48.5 Å². The average Bonchev–Trinajstić information content (AvgIpc) is 3.17. The summed E-state index contributed by atoms with van der Waals surface area (Å²) in [5.74, 6) is 0.904. The Labute approximate surface area is 178 Å². The lowest BCUT2D eigenvalue weighted by Gasteiger charge is -2.07. The number of amides is 1. The molecule has 1 heterocycles. The lowest BCUT2D eigenvalue weighted by atomic mass is 9.98. The van der Waals surface area contributed by atoms with E-state index in [0.717, 1.165) is 27.6 Å². The van der Waals surface area contributed by atoms with Crippen LogP contribution in [0.25, 0.3) is 22.6 Å². The van der Waals surface area contributed by atoms with Crippen LogP contribution in [-0.2, 0) is 0 Å². The molecule has 0 saturated carbocycles. The van der Waals surface area contributed by atoms with Gasteiger partial charge in [0.2, 0.25) is 5.89 Å². The predicted molar refractivity (Wildman–Crippen MR) is 120 cm³/mol. The van der Waals surface area contributed by atoms with Gasteiger partial charge in [0.1, 0.15) is 5.52 Å². The molecule has 0 fully saturated rings. The van der Waals surface area contributed by atoms with Crippen LogP contribution >= 0.6 is 15.9 Å². The molecule has 4 aromatic rings. The molecule has 1 N–H and O–H groups in total. The molecule has 0 bridgehead atoms. The van der Waals surface area contributed by atoms with E-state index in [1.54, 1.807) is 6.07 Å². The number of rotatable bonds is 5. The summed E-state index contributed by atoms with van der Waals surface area (Å²) in [6, 6.07) is 21.0. The molecule has 1 atom stereocenters. The summed E-state index contributed by atoms with van der Waals surface area (Å²) in [4.78, 5) is 17.1. The maximum atomic E-state index is 12.4. The molecule has 4 nitrogen and oxygen atoms in total. The van der Waals surface area contributed by atoms with E-state index in [4.69, 9.17) is 4.42 Å². The third-order valence-corrected chi connectivity index (χ3v) is 5.79. The number of benzene rings is 3. The Hall–Kier alpha value is -2.92. The highest BCUT2D eigenvalue weighted by Crippen LogP contribution is 2.28. The maximum absolute atomic E-state index is 12.4. The van der Waals surface area contributed by atoms with E-state index < -0.39 is 0 Å². The number of fused-ring (bicyclic) bond motifs is 1. The van der Waals surface area contributed by atoms with Crippen molar-refractivity contribution in [3.63, 3.8) is 0 Å². The van der Waals surface area contributed by atoms with Crippen LogP contribution in [0, 0.1) is 0 Å².